The number of carbonyl (C=O) groups is 2. The Labute approximate surface area is 259 Å². The van der Waals surface area contributed by atoms with Crippen molar-refractivity contribution in [2.75, 3.05) is 13.2 Å². The van der Waals surface area contributed by atoms with Crippen LogP contribution in [0.3, 0.4) is 0 Å². The lowest BCUT2D eigenvalue weighted by Gasteiger charge is -2.16. The number of nitrogens with zero attached hydrogens (tertiary/aromatic N) is 2. The van der Waals surface area contributed by atoms with Crippen molar-refractivity contribution >= 4 is 35.5 Å². The molecule has 0 atom stereocenters. The monoisotopic (exact) mass is 614 g/mol. The molecule has 0 aliphatic carbocycles. The van der Waals surface area contributed by atoms with Crippen molar-refractivity contribution in [1.82, 2.24) is 0 Å². The number of ether oxygens (including phenoxy) is 4. The highest BCUT2D eigenvalue weighted by atomic mass is 32.2. The third-order valence-electron chi connectivity index (χ3n) is 6.20. The summed E-state index contributed by atoms with van der Waals surface area (Å²) >= 11 is 2.58. The maximum atomic E-state index is 12.2. The number of rotatable bonds is 14. The van der Waals surface area contributed by atoms with E-state index in [0.29, 0.717) is 28.6 Å². The molecule has 8 nitrogen and oxygen atoms in total. The summed E-state index contributed by atoms with van der Waals surface area (Å²) in [6.45, 7) is 2.91. The normalized spacial score (nSPS) is 11.6. The fourth-order valence-electron chi connectivity index (χ4n) is 4.03. The highest BCUT2D eigenvalue weighted by molar-refractivity contribution is 8.24. The largest absolute Gasteiger partial charge is 0.492 e. The van der Waals surface area contributed by atoms with E-state index >= 15 is 0 Å². The molecule has 1 aliphatic rings. The fourth-order valence-corrected chi connectivity index (χ4v) is 6.62. The van der Waals surface area contributed by atoms with Crippen LogP contribution >= 0.6 is 23.5 Å². The number of thioether (sulfide) groups is 2. The highest BCUT2D eigenvalue weighted by Crippen LogP contribution is 2.59. The Morgan fingerprint density at radius 3 is 1.79 bits per heavy atom. The summed E-state index contributed by atoms with van der Waals surface area (Å²) in [6.07, 6.45) is 1.34. The van der Waals surface area contributed by atoms with Gasteiger partial charge in [-0.05, 0) is 42.5 Å². The van der Waals surface area contributed by atoms with E-state index in [1.54, 1.807) is 0 Å². The average molecular weight is 615 g/mol. The highest BCUT2D eigenvalue weighted by Gasteiger charge is 2.30. The standard InChI is InChI=1S/C33H30N2O6S2/c1-23-18-27(38-16-8-14-28(36)40-21-24-10-4-2-5-11-24)31-32(43-33(42-31)26(19-34)20-35)30(23)39-17-9-15-29(37)41-22-25-12-6-3-7-13-25/h2-7,10-13,18H,8-9,14-17,21-22H2,1H3. The second-order valence-electron chi connectivity index (χ2n) is 9.47. The Morgan fingerprint density at radius 2 is 1.26 bits per heavy atom. The van der Waals surface area contributed by atoms with Gasteiger partial charge in [-0.25, -0.2) is 0 Å². The zero-order valence-corrected chi connectivity index (χ0v) is 25.3. The SMILES string of the molecule is Cc1cc(OCCCC(=O)OCc2ccccc2)c2c(c1OCCCC(=O)OCc1ccccc1)SC(=C(C#N)C#N)S2. The molecule has 0 fully saturated rings. The lowest BCUT2D eigenvalue weighted by molar-refractivity contribution is -0.146. The van der Waals surface area contributed by atoms with Crippen LogP contribution in [0.25, 0.3) is 0 Å². The predicted molar refractivity (Wildman–Crippen MR) is 163 cm³/mol. The third-order valence-corrected chi connectivity index (χ3v) is 8.81. The van der Waals surface area contributed by atoms with E-state index < -0.39 is 0 Å². The van der Waals surface area contributed by atoms with Crippen LogP contribution in [0, 0.1) is 29.6 Å². The molecule has 0 saturated heterocycles. The number of esters is 2. The van der Waals surface area contributed by atoms with Gasteiger partial charge in [0.15, 0.2) is 0 Å². The first-order valence-corrected chi connectivity index (χ1v) is 15.3. The molecule has 0 saturated carbocycles. The topological polar surface area (TPSA) is 119 Å². The van der Waals surface area contributed by atoms with Gasteiger partial charge in [-0.3, -0.25) is 9.59 Å². The van der Waals surface area contributed by atoms with Crippen LogP contribution in [0.5, 0.6) is 11.5 Å². The summed E-state index contributed by atoms with van der Waals surface area (Å²) in [4.78, 5) is 25.9. The molecule has 43 heavy (non-hydrogen) atoms. The molecule has 0 aromatic heterocycles. The van der Waals surface area contributed by atoms with E-state index in [4.69, 9.17) is 18.9 Å². The van der Waals surface area contributed by atoms with Crippen molar-refractivity contribution in [1.29, 1.82) is 10.5 Å². The lowest BCUT2D eigenvalue weighted by atomic mass is 10.2. The van der Waals surface area contributed by atoms with Crippen LogP contribution in [0.15, 0.2) is 86.3 Å². The molecule has 220 valence electrons. The van der Waals surface area contributed by atoms with Gasteiger partial charge in [-0.1, -0.05) is 84.2 Å². The van der Waals surface area contributed by atoms with E-state index in [0.717, 1.165) is 26.5 Å². The molecule has 0 N–H and O–H groups in total. The van der Waals surface area contributed by atoms with E-state index in [1.807, 2.05) is 85.8 Å². The summed E-state index contributed by atoms with van der Waals surface area (Å²) in [5.74, 6) is 0.603. The van der Waals surface area contributed by atoms with Crippen LogP contribution in [0.1, 0.15) is 42.4 Å². The zero-order chi connectivity index (χ0) is 30.4. The van der Waals surface area contributed by atoms with Crippen LogP contribution in [0.4, 0.5) is 0 Å². The van der Waals surface area contributed by atoms with Gasteiger partial charge in [0.2, 0.25) is 0 Å². The van der Waals surface area contributed by atoms with Gasteiger partial charge in [0.25, 0.3) is 0 Å². The van der Waals surface area contributed by atoms with Crippen LogP contribution in [-0.2, 0) is 32.3 Å². The molecule has 0 radical (unpaired) electrons. The molecule has 0 amide bonds. The number of benzene rings is 3. The molecule has 0 spiro atoms. The molecule has 3 aromatic carbocycles. The Balaban J connectivity index is 1.33. The number of allylic oxidation sites excluding steroid dienone is 1. The van der Waals surface area contributed by atoms with Gasteiger partial charge in [0, 0.05) is 12.8 Å². The first-order chi connectivity index (χ1) is 21.0. The van der Waals surface area contributed by atoms with Crippen molar-refractivity contribution in [2.45, 2.75) is 55.6 Å². The smallest absolute Gasteiger partial charge is 0.306 e. The Kier molecular flexibility index (Phi) is 12.0. The summed E-state index contributed by atoms with van der Waals surface area (Å²) < 4.78 is 23.4. The minimum atomic E-state index is -0.301. The molecule has 0 bridgehead atoms. The van der Waals surface area contributed by atoms with Gasteiger partial charge in [-0.2, -0.15) is 10.5 Å². The maximum Gasteiger partial charge on any atom is 0.306 e. The van der Waals surface area contributed by atoms with Gasteiger partial charge in [-0.15, -0.1) is 0 Å². The van der Waals surface area contributed by atoms with E-state index in [2.05, 4.69) is 0 Å². The number of aryl methyl sites for hydroxylation is 1. The van der Waals surface area contributed by atoms with Gasteiger partial charge in [0.05, 0.1) is 27.2 Å². The maximum absolute atomic E-state index is 12.2. The zero-order valence-electron chi connectivity index (χ0n) is 23.7. The molecule has 0 unspecified atom stereocenters. The second-order valence-corrected chi connectivity index (χ2v) is 11.8. The van der Waals surface area contributed by atoms with Crippen molar-refractivity contribution in [3.8, 4) is 23.6 Å². The third kappa shape index (κ3) is 9.31. The number of fused-ring (bicyclic) bond motifs is 1. The van der Waals surface area contributed by atoms with Crippen molar-refractivity contribution in [2.24, 2.45) is 0 Å². The first kappa shape index (κ1) is 31.6. The van der Waals surface area contributed by atoms with Crippen molar-refractivity contribution < 1.29 is 28.5 Å². The fraction of sp³-hybridized carbons (Fsp3) is 0.273. The van der Waals surface area contributed by atoms with Gasteiger partial charge >= 0.3 is 11.9 Å². The average Bonchev–Trinajstić information content (AvgIpc) is 3.47. The van der Waals surface area contributed by atoms with E-state index in [9.17, 15) is 20.1 Å². The predicted octanol–water partition coefficient (Wildman–Crippen LogP) is 7.26. The van der Waals surface area contributed by atoms with E-state index in [-0.39, 0.29) is 56.8 Å². The van der Waals surface area contributed by atoms with E-state index in [1.165, 1.54) is 23.5 Å². The Hall–Kier alpha value is -4.38. The quantitative estimate of drug-likeness (QED) is 0.104. The van der Waals surface area contributed by atoms with Gasteiger partial charge < -0.3 is 18.9 Å². The number of nitriles is 2. The van der Waals surface area contributed by atoms with Crippen molar-refractivity contribution in [3.63, 3.8) is 0 Å². The number of hydrogen-bond acceptors (Lipinski definition) is 10. The molecule has 1 aliphatic heterocycles. The Morgan fingerprint density at radius 1 is 0.744 bits per heavy atom. The molecular weight excluding hydrogens is 585 g/mol. The van der Waals surface area contributed by atoms with Crippen LogP contribution < -0.4 is 9.47 Å². The molecule has 3 aromatic rings. The number of hydrogen-bond donors (Lipinski definition) is 0. The minimum absolute atomic E-state index is 0.0167. The van der Waals surface area contributed by atoms with Gasteiger partial charge in [0.1, 0.15) is 42.4 Å². The molecular formula is C33H30N2O6S2. The summed E-state index contributed by atoms with van der Waals surface area (Å²) in [7, 11) is 0. The summed E-state index contributed by atoms with van der Waals surface area (Å²) in [5.41, 5.74) is 2.68. The molecule has 1 heterocycles. The number of carbonyl (C=O) groups excluding carboxylic acids is 2. The van der Waals surface area contributed by atoms with Crippen LogP contribution in [0.2, 0.25) is 0 Å². The lowest BCUT2D eigenvalue weighted by Crippen LogP contribution is -2.09. The second kappa shape index (κ2) is 16.3. The first-order valence-electron chi connectivity index (χ1n) is 13.7. The van der Waals surface area contributed by atoms with Crippen molar-refractivity contribution in [3.05, 3.63) is 93.2 Å². The van der Waals surface area contributed by atoms with Crippen LogP contribution in [-0.4, -0.2) is 25.2 Å². The minimum Gasteiger partial charge on any atom is -0.492 e. The molecule has 4 rings (SSSR count). The summed E-state index contributed by atoms with van der Waals surface area (Å²) in [6, 6.07) is 24.7. The molecule has 10 heteroatoms. The Bertz CT molecular complexity index is 1530. The summed E-state index contributed by atoms with van der Waals surface area (Å²) in [5, 5.41) is 18.9.